The Kier molecular flexibility index (Phi) is 5.82. The molecule has 100 valence electrons. The number of aldehydes is 1. The maximum atomic E-state index is 11.0. The average molecular weight is 256 g/mol. The lowest BCUT2D eigenvalue weighted by Crippen LogP contribution is -2.47. The Bertz CT molecular complexity index is 252. The van der Waals surface area contributed by atoms with Crippen LogP contribution in [0, 0.1) is 11.8 Å². The van der Waals surface area contributed by atoms with Crippen LogP contribution in [0.25, 0.3) is 0 Å². The van der Waals surface area contributed by atoms with Gasteiger partial charge in [-0.25, -0.2) is 0 Å². The van der Waals surface area contributed by atoms with E-state index in [0.717, 1.165) is 6.29 Å². The van der Waals surface area contributed by atoms with Crippen LogP contribution in [0.5, 0.6) is 0 Å². The third kappa shape index (κ3) is 4.40. The van der Waals surface area contributed by atoms with Gasteiger partial charge in [-0.15, -0.1) is 6.58 Å². The number of hydrogen-bond acceptors (Lipinski definition) is 2. The molecular weight excluding hydrogens is 228 g/mol. The summed E-state index contributed by atoms with van der Waals surface area (Å²) < 4.78 is 6.34. The SMILES string of the molecule is C=C[C@H](C)[C@H](O[Si](C)(C)C(C)(C)C)[C@@H](C)C=O. The molecule has 0 spiro atoms. The molecule has 0 heterocycles. The Labute approximate surface area is 108 Å². The van der Waals surface area contributed by atoms with Crippen molar-refractivity contribution in [2.45, 2.75) is 58.9 Å². The molecule has 0 aromatic rings. The first-order valence-corrected chi connectivity index (χ1v) is 9.23. The third-order valence-corrected chi connectivity index (χ3v) is 8.33. The highest BCUT2D eigenvalue weighted by molar-refractivity contribution is 6.74. The van der Waals surface area contributed by atoms with E-state index in [1.807, 2.05) is 13.0 Å². The van der Waals surface area contributed by atoms with Gasteiger partial charge in [0.2, 0.25) is 0 Å². The van der Waals surface area contributed by atoms with E-state index in [-0.39, 0.29) is 23.0 Å². The second-order valence-electron chi connectivity index (χ2n) is 6.43. The van der Waals surface area contributed by atoms with Gasteiger partial charge in [-0.05, 0) is 24.1 Å². The van der Waals surface area contributed by atoms with Crippen molar-refractivity contribution in [3.8, 4) is 0 Å². The molecule has 0 fully saturated rings. The first-order valence-electron chi connectivity index (χ1n) is 6.32. The van der Waals surface area contributed by atoms with Gasteiger partial charge in [0.15, 0.2) is 8.32 Å². The second-order valence-corrected chi connectivity index (χ2v) is 11.2. The molecule has 0 N–H and O–H groups in total. The fourth-order valence-corrected chi connectivity index (χ4v) is 2.89. The van der Waals surface area contributed by atoms with Gasteiger partial charge in [0.1, 0.15) is 6.29 Å². The Hall–Kier alpha value is -0.413. The van der Waals surface area contributed by atoms with Gasteiger partial charge >= 0.3 is 0 Å². The molecule has 0 aliphatic rings. The fraction of sp³-hybridized carbons (Fsp3) is 0.786. The summed E-state index contributed by atoms with van der Waals surface area (Å²) in [5.41, 5.74) is 0. The minimum atomic E-state index is -1.83. The minimum Gasteiger partial charge on any atom is -0.413 e. The maximum Gasteiger partial charge on any atom is 0.192 e. The summed E-state index contributed by atoms with van der Waals surface area (Å²) in [5, 5.41) is 0.161. The van der Waals surface area contributed by atoms with Gasteiger partial charge in [0.05, 0.1) is 6.10 Å². The largest absolute Gasteiger partial charge is 0.413 e. The molecule has 2 nitrogen and oxygen atoms in total. The lowest BCUT2D eigenvalue weighted by molar-refractivity contribution is -0.113. The number of carbonyl (C=O) groups excluding carboxylic acids is 1. The zero-order valence-electron chi connectivity index (χ0n) is 12.4. The van der Waals surface area contributed by atoms with Crippen molar-refractivity contribution in [1.29, 1.82) is 0 Å². The van der Waals surface area contributed by atoms with Crippen molar-refractivity contribution in [2.24, 2.45) is 11.8 Å². The van der Waals surface area contributed by atoms with Crippen LogP contribution in [-0.4, -0.2) is 20.7 Å². The normalized spacial score (nSPS) is 18.3. The van der Waals surface area contributed by atoms with Crippen molar-refractivity contribution in [2.75, 3.05) is 0 Å². The monoisotopic (exact) mass is 256 g/mol. The molecule has 0 aromatic heterocycles. The summed E-state index contributed by atoms with van der Waals surface area (Å²) in [4.78, 5) is 11.0. The lowest BCUT2D eigenvalue weighted by atomic mass is 9.95. The van der Waals surface area contributed by atoms with Crippen molar-refractivity contribution >= 4 is 14.6 Å². The van der Waals surface area contributed by atoms with E-state index in [9.17, 15) is 4.79 Å². The Morgan fingerprint density at radius 3 is 1.94 bits per heavy atom. The highest BCUT2D eigenvalue weighted by atomic mass is 28.4. The zero-order chi connectivity index (χ0) is 13.9. The van der Waals surface area contributed by atoms with Gasteiger partial charge < -0.3 is 9.22 Å². The van der Waals surface area contributed by atoms with Gasteiger partial charge in [0.25, 0.3) is 0 Å². The van der Waals surface area contributed by atoms with Crippen LogP contribution in [0.2, 0.25) is 18.1 Å². The summed E-state index contributed by atoms with van der Waals surface area (Å²) in [5.74, 6) is 0.112. The quantitative estimate of drug-likeness (QED) is 0.407. The highest BCUT2D eigenvalue weighted by Gasteiger charge is 2.40. The third-order valence-electron chi connectivity index (χ3n) is 3.86. The van der Waals surface area contributed by atoms with Crippen LogP contribution < -0.4 is 0 Å². The van der Waals surface area contributed by atoms with E-state index in [0.29, 0.717) is 0 Å². The molecule has 3 heteroatoms. The molecule has 0 bridgehead atoms. The molecule has 0 radical (unpaired) electrons. The standard InChI is InChI=1S/C14H28O2Si/c1-9-11(2)13(12(3)10-15)16-17(7,8)14(4,5)6/h9-13H,1H2,2-8H3/t11-,12-,13-/m0/s1. The molecule has 0 saturated heterocycles. The number of rotatable bonds is 6. The summed E-state index contributed by atoms with van der Waals surface area (Å²) in [6.07, 6.45) is 2.81. The van der Waals surface area contributed by atoms with Gasteiger partial charge in [-0.3, -0.25) is 0 Å². The first kappa shape index (κ1) is 16.6. The Morgan fingerprint density at radius 2 is 1.65 bits per heavy atom. The van der Waals surface area contributed by atoms with Crippen molar-refractivity contribution in [3.63, 3.8) is 0 Å². The molecule has 0 unspecified atom stereocenters. The van der Waals surface area contributed by atoms with Crippen molar-refractivity contribution in [1.82, 2.24) is 0 Å². The van der Waals surface area contributed by atoms with Crippen LogP contribution in [0.1, 0.15) is 34.6 Å². The maximum absolute atomic E-state index is 11.0. The lowest BCUT2D eigenvalue weighted by Gasteiger charge is -2.41. The summed E-state index contributed by atoms with van der Waals surface area (Å²) in [6.45, 7) is 18.8. The summed E-state index contributed by atoms with van der Waals surface area (Å²) in [7, 11) is -1.83. The van der Waals surface area contributed by atoms with E-state index < -0.39 is 8.32 Å². The smallest absolute Gasteiger partial charge is 0.192 e. The predicted octanol–water partition coefficient (Wildman–Crippen LogP) is 4.03. The van der Waals surface area contributed by atoms with Crippen LogP contribution in [0.4, 0.5) is 0 Å². The molecule has 0 aliphatic carbocycles. The molecule has 0 aromatic carbocycles. The molecule has 0 aliphatic heterocycles. The van der Waals surface area contributed by atoms with Gasteiger partial charge in [0, 0.05) is 5.92 Å². The Morgan fingerprint density at radius 1 is 1.18 bits per heavy atom. The first-order chi connectivity index (χ1) is 7.56. The average Bonchev–Trinajstić information content (AvgIpc) is 2.22. The topological polar surface area (TPSA) is 26.3 Å². The summed E-state index contributed by atoms with van der Waals surface area (Å²) >= 11 is 0. The molecule has 0 rings (SSSR count). The van der Waals surface area contributed by atoms with E-state index in [1.165, 1.54) is 0 Å². The number of carbonyl (C=O) groups is 1. The van der Waals surface area contributed by atoms with Crippen LogP contribution >= 0.6 is 0 Å². The summed E-state index contributed by atoms with van der Waals surface area (Å²) in [6, 6.07) is 0. The molecule has 0 amide bonds. The molecule has 0 saturated carbocycles. The van der Waals surface area contributed by atoms with E-state index in [2.05, 4.69) is 47.4 Å². The highest BCUT2D eigenvalue weighted by Crippen LogP contribution is 2.39. The number of hydrogen-bond donors (Lipinski definition) is 0. The molecule has 17 heavy (non-hydrogen) atoms. The van der Waals surface area contributed by atoms with Crippen LogP contribution in [0.15, 0.2) is 12.7 Å². The molecule has 3 atom stereocenters. The van der Waals surface area contributed by atoms with Gasteiger partial charge in [-0.2, -0.15) is 0 Å². The second kappa shape index (κ2) is 5.96. The van der Waals surface area contributed by atoms with Crippen LogP contribution in [0.3, 0.4) is 0 Å². The van der Waals surface area contributed by atoms with E-state index >= 15 is 0 Å². The van der Waals surface area contributed by atoms with E-state index in [1.54, 1.807) is 0 Å². The van der Waals surface area contributed by atoms with Crippen molar-refractivity contribution < 1.29 is 9.22 Å². The Balaban J connectivity index is 4.99. The minimum absolute atomic E-state index is 0.0501. The predicted molar refractivity (Wildman–Crippen MR) is 76.7 cm³/mol. The fourth-order valence-electron chi connectivity index (χ4n) is 1.42. The van der Waals surface area contributed by atoms with Gasteiger partial charge in [-0.1, -0.05) is 40.7 Å². The molecular formula is C14H28O2Si. The van der Waals surface area contributed by atoms with E-state index in [4.69, 9.17) is 4.43 Å². The van der Waals surface area contributed by atoms with Crippen molar-refractivity contribution in [3.05, 3.63) is 12.7 Å². The van der Waals surface area contributed by atoms with Crippen LogP contribution in [-0.2, 0) is 9.22 Å². The zero-order valence-corrected chi connectivity index (χ0v) is 13.4.